The normalized spacial score (nSPS) is 13.7. The lowest BCUT2D eigenvalue weighted by molar-refractivity contribution is 0.181. The number of nitrogens with one attached hydrogen (secondary N) is 1. The van der Waals surface area contributed by atoms with E-state index in [0.29, 0.717) is 6.61 Å². The van der Waals surface area contributed by atoms with Crippen molar-refractivity contribution in [3.8, 4) is 0 Å². The third-order valence-electron chi connectivity index (χ3n) is 3.70. The van der Waals surface area contributed by atoms with Crippen LogP contribution in [0.25, 0.3) is 0 Å². The fraction of sp³-hybridized carbons (Fsp3) is 0.438. The van der Waals surface area contributed by atoms with Crippen molar-refractivity contribution >= 4 is 22.2 Å². The second kappa shape index (κ2) is 6.56. The Bertz CT molecular complexity index is 611. The molecule has 1 N–H and O–H groups in total. The molecule has 112 valence electrons. The summed E-state index contributed by atoms with van der Waals surface area (Å²) in [6.07, 6.45) is 1.10. The number of fused-ring (bicyclic) bond motifs is 1. The fourth-order valence-electron chi connectivity index (χ4n) is 2.65. The van der Waals surface area contributed by atoms with Crippen LogP contribution in [0.3, 0.4) is 0 Å². The molecule has 0 fully saturated rings. The molecular weight excluding hydrogens is 282 g/mol. The van der Waals surface area contributed by atoms with Gasteiger partial charge in [0, 0.05) is 30.8 Å². The summed E-state index contributed by atoms with van der Waals surface area (Å²) in [5, 5.41) is 4.47. The standard InChI is InChI=1S/C16H21N3OS/c1-3-17-10-15-13(11-20-2)18-16(21-15)19-9-8-12-6-4-5-7-14(12)19/h4-7,17H,3,8-11H2,1-2H3. The summed E-state index contributed by atoms with van der Waals surface area (Å²) >= 11 is 1.77. The third-order valence-corrected chi connectivity index (χ3v) is 4.82. The number of thiazole rings is 1. The highest BCUT2D eigenvalue weighted by Gasteiger charge is 2.23. The van der Waals surface area contributed by atoms with Crippen molar-refractivity contribution in [2.24, 2.45) is 0 Å². The highest BCUT2D eigenvalue weighted by atomic mass is 32.1. The molecule has 1 aliphatic heterocycles. The van der Waals surface area contributed by atoms with Gasteiger partial charge in [-0.3, -0.25) is 0 Å². The molecule has 21 heavy (non-hydrogen) atoms. The number of benzene rings is 1. The van der Waals surface area contributed by atoms with Crippen LogP contribution in [0.2, 0.25) is 0 Å². The summed E-state index contributed by atoms with van der Waals surface area (Å²) in [5.74, 6) is 0. The Hall–Kier alpha value is -1.43. The smallest absolute Gasteiger partial charge is 0.190 e. The van der Waals surface area contributed by atoms with Crippen LogP contribution in [-0.4, -0.2) is 25.2 Å². The summed E-state index contributed by atoms with van der Waals surface area (Å²) in [4.78, 5) is 8.42. The van der Waals surface area contributed by atoms with Crippen molar-refractivity contribution < 1.29 is 4.74 Å². The molecule has 1 aromatic carbocycles. The fourth-order valence-corrected chi connectivity index (χ4v) is 3.72. The quantitative estimate of drug-likeness (QED) is 0.890. The molecule has 0 amide bonds. The number of ether oxygens (including phenoxy) is 1. The molecule has 4 nitrogen and oxygen atoms in total. The van der Waals surface area contributed by atoms with Crippen LogP contribution in [0.5, 0.6) is 0 Å². The first-order chi connectivity index (χ1) is 10.3. The Morgan fingerprint density at radius 3 is 3.05 bits per heavy atom. The van der Waals surface area contributed by atoms with E-state index < -0.39 is 0 Å². The minimum atomic E-state index is 0.576. The first kappa shape index (κ1) is 14.5. The first-order valence-electron chi connectivity index (χ1n) is 7.37. The van der Waals surface area contributed by atoms with E-state index in [9.17, 15) is 0 Å². The van der Waals surface area contributed by atoms with Crippen molar-refractivity contribution in [1.29, 1.82) is 0 Å². The Morgan fingerprint density at radius 1 is 1.38 bits per heavy atom. The zero-order valence-electron chi connectivity index (χ0n) is 12.6. The number of aromatic nitrogens is 1. The van der Waals surface area contributed by atoms with Crippen LogP contribution >= 0.6 is 11.3 Å². The molecule has 1 aromatic heterocycles. The van der Waals surface area contributed by atoms with Crippen molar-refractivity contribution in [3.63, 3.8) is 0 Å². The van der Waals surface area contributed by atoms with Crippen molar-refractivity contribution in [3.05, 3.63) is 40.4 Å². The average Bonchev–Trinajstić information content (AvgIpc) is 3.09. The minimum Gasteiger partial charge on any atom is -0.378 e. The molecule has 1 aliphatic rings. The lowest BCUT2D eigenvalue weighted by Crippen LogP contribution is -2.12. The molecule has 2 aromatic rings. The van der Waals surface area contributed by atoms with E-state index in [1.54, 1.807) is 18.4 Å². The topological polar surface area (TPSA) is 37.4 Å². The second-order valence-electron chi connectivity index (χ2n) is 5.11. The molecule has 3 rings (SSSR count). The average molecular weight is 303 g/mol. The molecule has 0 bridgehead atoms. The van der Waals surface area contributed by atoms with Crippen molar-refractivity contribution in [2.75, 3.05) is 25.1 Å². The Labute approximate surface area is 129 Å². The lowest BCUT2D eigenvalue weighted by Gasteiger charge is -2.15. The largest absolute Gasteiger partial charge is 0.378 e. The summed E-state index contributed by atoms with van der Waals surface area (Å²) < 4.78 is 5.29. The number of methoxy groups -OCH3 is 1. The number of anilines is 2. The molecule has 0 saturated heterocycles. The van der Waals surface area contributed by atoms with Gasteiger partial charge in [-0.05, 0) is 24.6 Å². The van der Waals surface area contributed by atoms with Crippen LogP contribution in [0.4, 0.5) is 10.8 Å². The van der Waals surface area contributed by atoms with Crippen LogP contribution in [0.15, 0.2) is 24.3 Å². The van der Waals surface area contributed by atoms with E-state index in [4.69, 9.17) is 9.72 Å². The van der Waals surface area contributed by atoms with Gasteiger partial charge in [-0.2, -0.15) is 0 Å². The van der Waals surface area contributed by atoms with E-state index >= 15 is 0 Å². The number of nitrogens with zero attached hydrogens (tertiary/aromatic N) is 2. The van der Waals surface area contributed by atoms with E-state index in [2.05, 4.69) is 41.4 Å². The van der Waals surface area contributed by atoms with Gasteiger partial charge < -0.3 is 15.0 Å². The Balaban J connectivity index is 1.89. The van der Waals surface area contributed by atoms with E-state index in [1.165, 1.54) is 16.1 Å². The van der Waals surface area contributed by atoms with Gasteiger partial charge in [0.15, 0.2) is 5.13 Å². The molecule has 2 heterocycles. The molecule has 0 saturated carbocycles. The predicted octanol–water partition coefficient (Wildman–Crippen LogP) is 3.09. The molecule has 0 aliphatic carbocycles. The Morgan fingerprint density at radius 2 is 2.24 bits per heavy atom. The molecule has 0 atom stereocenters. The monoisotopic (exact) mass is 303 g/mol. The molecular formula is C16H21N3OS. The van der Waals surface area contributed by atoms with Gasteiger partial charge in [0.05, 0.1) is 12.3 Å². The zero-order chi connectivity index (χ0) is 14.7. The van der Waals surface area contributed by atoms with E-state index in [-0.39, 0.29) is 0 Å². The maximum Gasteiger partial charge on any atom is 0.190 e. The second-order valence-corrected chi connectivity index (χ2v) is 6.17. The van der Waals surface area contributed by atoms with Crippen LogP contribution in [-0.2, 0) is 24.3 Å². The highest BCUT2D eigenvalue weighted by molar-refractivity contribution is 7.15. The summed E-state index contributed by atoms with van der Waals surface area (Å²) in [6, 6.07) is 8.60. The van der Waals surface area contributed by atoms with Crippen molar-refractivity contribution in [2.45, 2.75) is 26.5 Å². The number of hydrogen-bond donors (Lipinski definition) is 1. The maximum atomic E-state index is 5.29. The van der Waals surface area contributed by atoms with Gasteiger partial charge in [-0.1, -0.05) is 36.5 Å². The van der Waals surface area contributed by atoms with Crippen molar-refractivity contribution in [1.82, 2.24) is 10.3 Å². The van der Waals surface area contributed by atoms with Gasteiger partial charge in [0.25, 0.3) is 0 Å². The number of para-hydroxylation sites is 1. The van der Waals surface area contributed by atoms with Crippen LogP contribution in [0.1, 0.15) is 23.1 Å². The third kappa shape index (κ3) is 2.95. The molecule has 0 unspecified atom stereocenters. The highest BCUT2D eigenvalue weighted by Crippen LogP contribution is 2.37. The van der Waals surface area contributed by atoms with Crippen LogP contribution in [0, 0.1) is 0 Å². The lowest BCUT2D eigenvalue weighted by atomic mass is 10.2. The van der Waals surface area contributed by atoms with Crippen LogP contribution < -0.4 is 10.2 Å². The molecule has 0 spiro atoms. The number of rotatable bonds is 6. The zero-order valence-corrected chi connectivity index (χ0v) is 13.4. The minimum absolute atomic E-state index is 0.576. The SMILES string of the molecule is CCNCc1sc(N2CCc3ccccc32)nc1COC. The molecule has 0 radical (unpaired) electrons. The summed E-state index contributed by atoms with van der Waals surface area (Å²) in [6.45, 7) is 5.54. The van der Waals surface area contributed by atoms with Gasteiger partial charge in [0.2, 0.25) is 0 Å². The van der Waals surface area contributed by atoms with E-state index in [1.807, 2.05) is 0 Å². The summed E-state index contributed by atoms with van der Waals surface area (Å²) in [5.41, 5.74) is 3.77. The maximum absolute atomic E-state index is 5.29. The van der Waals surface area contributed by atoms with Gasteiger partial charge in [0.1, 0.15) is 0 Å². The molecule has 5 heteroatoms. The van der Waals surface area contributed by atoms with Gasteiger partial charge >= 0.3 is 0 Å². The summed E-state index contributed by atoms with van der Waals surface area (Å²) in [7, 11) is 1.72. The predicted molar refractivity (Wildman–Crippen MR) is 87.4 cm³/mol. The van der Waals surface area contributed by atoms with Gasteiger partial charge in [-0.25, -0.2) is 4.98 Å². The first-order valence-corrected chi connectivity index (χ1v) is 8.18. The van der Waals surface area contributed by atoms with Gasteiger partial charge in [-0.15, -0.1) is 0 Å². The van der Waals surface area contributed by atoms with E-state index in [0.717, 1.165) is 36.9 Å². The Kier molecular flexibility index (Phi) is 4.53. The number of hydrogen-bond acceptors (Lipinski definition) is 5.